The van der Waals surface area contributed by atoms with Gasteiger partial charge in [-0.2, -0.15) is 5.10 Å². The molecule has 6 heteroatoms. The SMILES string of the molecule is O=C(N/N=C/c1c[nH]c2ccccc12)c1cc(-c2ccc(F)cc2)nc2ccccc12. The number of halogens is 1. The summed E-state index contributed by atoms with van der Waals surface area (Å²) in [5.41, 5.74) is 6.92. The van der Waals surface area contributed by atoms with Crippen LogP contribution in [0.5, 0.6) is 0 Å². The molecule has 0 fully saturated rings. The third-order valence-electron chi connectivity index (χ3n) is 5.09. The number of amides is 1. The van der Waals surface area contributed by atoms with E-state index in [1.54, 1.807) is 24.4 Å². The van der Waals surface area contributed by atoms with Crippen LogP contribution in [0, 0.1) is 5.82 Å². The molecule has 5 nitrogen and oxygen atoms in total. The normalized spacial score (nSPS) is 11.4. The van der Waals surface area contributed by atoms with Gasteiger partial charge in [0.15, 0.2) is 0 Å². The molecule has 2 aromatic heterocycles. The lowest BCUT2D eigenvalue weighted by Gasteiger charge is -2.09. The summed E-state index contributed by atoms with van der Waals surface area (Å²) in [6.07, 6.45) is 3.45. The van der Waals surface area contributed by atoms with Crippen molar-refractivity contribution < 1.29 is 9.18 Å². The van der Waals surface area contributed by atoms with Gasteiger partial charge >= 0.3 is 0 Å². The predicted molar refractivity (Wildman–Crippen MR) is 120 cm³/mol. The minimum atomic E-state index is -0.349. The summed E-state index contributed by atoms with van der Waals surface area (Å²) in [4.78, 5) is 20.8. The van der Waals surface area contributed by atoms with Gasteiger partial charge in [-0.3, -0.25) is 4.79 Å². The van der Waals surface area contributed by atoms with E-state index in [1.807, 2.05) is 54.7 Å². The maximum Gasteiger partial charge on any atom is 0.272 e. The van der Waals surface area contributed by atoms with Crippen LogP contribution in [0.1, 0.15) is 15.9 Å². The number of para-hydroxylation sites is 2. The zero-order chi connectivity index (χ0) is 21.2. The quantitative estimate of drug-likeness (QED) is 0.313. The average molecular weight is 408 g/mol. The highest BCUT2D eigenvalue weighted by Gasteiger charge is 2.13. The van der Waals surface area contributed by atoms with E-state index < -0.39 is 0 Å². The van der Waals surface area contributed by atoms with Crippen LogP contribution in [0.15, 0.2) is 90.2 Å². The molecule has 0 unspecified atom stereocenters. The highest BCUT2D eigenvalue weighted by atomic mass is 19.1. The summed E-state index contributed by atoms with van der Waals surface area (Å²) < 4.78 is 13.3. The summed E-state index contributed by atoms with van der Waals surface area (Å²) in [6, 6.07) is 23.0. The first-order chi connectivity index (χ1) is 15.2. The first kappa shape index (κ1) is 18.7. The Hall–Kier alpha value is -4.32. The van der Waals surface area contributed by atoms with Crippen molar-refractivity contribution in [1.82, 2.24) is 15.4 Å². The highest BCUT2D eigenvalue weighted by Crippen LogP contribution is 2.25. The number of benzene rings is 3. The van der Waals surface area contributed by atoms with Crippen molar-refractivity contribution in [1.29, 1.82) is 0 Å². The number of aromatic nitrogens is 2. The minimum Gasteiger partial charge on any atom is -0.361 e. The van der Waals surface area contributed by atoms with Crippen molar-refractivity contribution >= 4 is 33.9 Å². The summed E-state index contributed by atoms with van der Waals surface area (Å²) in [5.74, 6) is -0.674. The molecule has 5 aromatic rings. The van der Waals surface area contributed by atoms with Gasteiger partial charge in [0.25, 0.3) is 5.91 Å². The van der Waals surface area contributed by atoms with Crippen LogP contribution in [-0.2, 0) is 0 Å². The Morgan fingerprint density at radius 3 is 2.55 bits per heavy atom. The van der Waals surface area contributed by atoms with Gasteiger partial charge in [0.2, 0.25) is 0 Å². The number of pyridine rings is 1. The largest absolute Gasteiger partial charge is 0.361 e. The molecule has 1 amide bonds. The average Bonchev–Trinajstić information content (AvgIpc) is 3.22. The summed E-state index contributed by atoms with van der Waals surface area (Å²) in [7, 11) is 0. The molecule has 0 atom stereocenters. The minimum absolute atomic E-state index is 0.325. The summed E-state index contributed by atoms with van der Waals surface area (Å²) >= 11 is 0. The second-order valence-electron chi connectivity index (χ2n) is 7.07. The van der Waals surface area contributed by atoms with Gasteiger partial charge in [-0.25, -0.2) is 14.8 Å². The number of rotatable bonds is 4. The smallest absolute Gasteiger partial charge is 0.272 e. The molecule has 31 heavy (non-hydrogen) atoms. The molecule has 0 bridgehead atoms. The second-order valence-corrected chi connectivity index (χ2v) is 7.07. The number of H-pyrrole nitrogens is 1. The topological polar surface area (TPSA) is 70.1 Å². The molecule has 3 aromatic carbocycles. The Bertz CT molecular complexity index is 1440. The molecular weight excluding hydrogens is 391 g/mol. The van der Waals surface area contributed by atoms with Crippen LogP contribution in [0.2, 0.25) is 0 Å². The molecule has 5 rings (SSSR count). The Labute approximate surface area is 177 Å². The highest BCUT2D eigenvalue weighted by molar-refractivity contribution is 6.07. The predicted octanol–water partition coefficient (Wildman–Crippen LogP) is 5.29. The van der Waals surface area contributed by atoms with E-state index in [-0.39, 0.29) is 11.7 Å². The number of carbonyl (C=O) groups is 1. The van der Waals surface area contributed by atoms with Crippen LogP contribution in [-0.4, -0.2) is 22.1 Å². The lowest BCUT2D eigenvalue weighted by molar-refractivity contribution is 0.0956. The summed E-state index contributed by atoms with van der Waals surface area (Å²) in [5, 5.41) is 5.88. The number of fused-ring (bicyclic) bond motifs is 2. The molecule has 2 N–H and O–H groups in total. The Kier molecular flexibility index (Phi) is 4.72. The zero-order valence-corrected chi connectivity index (χ0v) is 16.3. The van der Waals surface area contributed by atoms with Crippen LogP contribution in [0.25, 0.3) is 33.1 Å². The number of hydrogen-bond acceptors (Lipinski definition) is 3. The van der Waals surface area contributed by atoms with Crippen LogP contribution >= 0.6 is 0 Å². The van der Waals surface area contributed by atoms with E-state index >= 15 is 0 Å². The summed E-state index contributed by atoms with van der Waals surface area (Å²) in [6.45, 7) is 0. The van der Waals surface area contributed by atoms with Gasteiger partial charge in [0.05, 0.1) is 23.0 Å². The first-order valence-corrected chi connectivity index (χ1v) is 9.74. The van der Waals surface area contributed by atoms with Crippen molar-refractivity contribution in [2.24, 2.45) is 5.10 Å². The van der Waals surface area contributed by atoms with Crippen molar-refractivity contribution in [3.8, 4) is 11.3 Å². The van der Waals surface area contributed by atoms with Crippen molar-refractivity contribution in [3.05, 3.63) is 102 Å². The van der Waals surface area contributed by atoms with Gasteiger partial charge in [-0.1, -0.05) is 36.4 Å². The lowest BCUT2D eigenvalue weighted by Crippen LogP contribution is -2.18. The molecule has 0 spiro atoms. The molecular formula is C25H17FN4O. The fourth-order valence-corrected chi connectivity index (χ4v) is 3.55. The molecule has 0 aliphatic heterocycles. The van der Waals surface area contributed by atoms with Gasteiger partial charge in [0.1, 0.15) is 5.82 Å². The van der Waals surface area contributed by atoms with E-state index in [4.69, 9.17) is 0 Å². The molecule has 150 valence electrons. The molecule has 0 saturated carbocycles. The van der Waals surface area contributed by atoms with E-state index in [2.05, 4.69) is 20.5 Å². The number of nitrogens with one attached hydrogen (secondary N) is 2. The third-order valence-corrected chi connectivity index (χ3v) is 5.09. The van der Waals surface area contributed by atoms with Crippen LogP contribution in [0.4, 0.5) is 4.39 Å². The standard InChI is InChI=1S/C25H17FN4O/c26-18-11-9-16(10-12-18)24-13-21(20-6-2-4-8-23(20)29-24)25(31)30-28-15-17-14-27-22-7-3-1-5-19(17)22/h1-15,27H,(H,30,31)/b28-15+. The van der Waals surface area contributed by atoms with Gasteiger partial charge in [-0.05, 0) is 42.5 Å². The molecule has 0 saturated heterocycles. The van der Waals surface area contributed by atoms with Crippen LogP contribution in [0.3, 0.4) is 0 Å². The van der Waals surface area contributed by atoms with Crippen LogP contribution < -0.4 is 5.43 Å². The number of hydrazone groups is 1. The molecule has 0 aliphatic carbocycles. The van der Waals surface area contributed by atoms with Gasteiger partial charge in [0, 0.05) is 33.6 Å². The van der Waals surface area contributed by atoms with Crippen molar-refractivity contribution in [3.63, 3.8) is 0 Å². The number of nitrogens with zero attached hydrogens (tertiary/aromatic N) is 2. The van der Waals surface area contributed by atoms with Crippen molar-refractivity contribution in [2.45, 2.75) is 0 Å². The molecule has 0 radical (unpaired) electrons. The fraction of sp³-hybridized carbons (Fsp3) is 0. The zero-order valence-electron chi connectivity index (χ0n) is 16.3. The Balaban J connectivity index is 1.48. The second kappa shape index (κ2) is 7.84. The molecule has 2 heterocycles. The monoisotopic (exact) mass is 408 g/mol. The van der Waals surface area contributed by atoms with E-state index in [0.717, 1.165) is 22.0 Å². The Morgan fingerprint density at radius 1 is 0.968 bits per heavy atom. The van der Waals surface area contributed by atoms with Gasteiger partial charge < -0.3 is 4.98 Å². The number of aromatic amines is 1. The van der Waals surface area contributed by atoms with Crippen molar-refractivity contribution in [2.75, 3.05) is 0 Å². The fourth-order valence-electron chi connectivity index (χ4n) is 3.55. The van der Waals surface area contributed by atoms with Gasteiger partial charge in [-0.15, -0.1) is 0 Å². The number of hydrogen-bond donors (Lipinski definition) is 2. The molecule has 0 aliphatic rings. The third kappa shape index (κ3) is 3.67. The maximum absolute atomic E-state index is 13.3. The van der Waals surface area contributed by atoms with E-state index in [0.29, 0.717) is 22.2 Å². The maximum atomic E-state index is 13.3. The number of carbonyl (C=O) groups excluding carboxylic acids is 1. The Morgan fingerprint density at radius 2 is 1.71 bits per heavy atom. The van der Waals surface area contributed by atoms with E-state index in [9.17, 15) is 9.18 Å². The first-order valence-electron chi connectivity index (χ1n) is 9.74. The van der Waals surface area contributed by atoms with E-state index in [1.165, 1.54) is 12.1 Å². The lowest BCUT2D eigenvalue weighted by atomic mass is 10.0.